The van der Waals surface area contributed by atoms with Gasteiger partial charge in [0.1, 0.15) is 5.82 Å². The van der Waals surface area contributed by atoms with Crippen molar-refractivity contribution in [1.82, 2.24) is 4.90 Å². The summed E-state index contributed by atoms with van der Waals surface area (Å²) in [6, 6.07) is 15.1. The highest BCUT2D eigenvalue weighted by Gasteiger charge is 2.49. The minimum absolute atomic E-state index is 0.0229. The van der Waals surface area contributed by atoms with Gasteiger partial charge in [-0.15, -0.1) is 0 Å². The van der Waals surface area contributed by atoms with Crippen LogP contribution in [0.15, 0.2) is 48.5 Å². The van der Waals surface area contributed by atoms with Gasteiger partial charge in [0.25, 0.3) is 0 Å². The summed E-state index contributed by atoms with van der Waals surface area (Å²) >= 11 is 0. The Labute approximate surface area is 168 Å². The first kappa shape index (κ1) is 18.9. The van der Waals surface area contributed by atoms with Gasteiger partial charge in [0.05, 0.1) is 23.5 Å². The summed E-state index contributed by atoms with van der Waals surface area (Å²) in [7, 11) is 0. The van der Waals surface area contributed by atoms with Crippen LogP contribution in [0.25, 0.3) is 0 Å². The van der Waals surface area contributed by atoms with E-state index < -0.39 is 0 Å². The molecule has 6 nitrogen and oxygen atoms in total. The van der Waals surface area contributed by atoms with E-state index in [1.165, 1.54) is 12.1 Å². The maximum atomic E-state index is 13.1. The topological polar surface area (TPSA) is 76.4 Å². The number of nitrogens with zero attached hydrogens (tertiary/aromatic N) is 3. The fourth-order valence-electron chi connectivity index (χ4n) is 3.73. The molecule has 1 saturated carbocycles. The molecule has 0 bridgehead atoms. The van der Waals surface area contributed by atoms with Crippen LogP contribution in [-0.4, -0.2) is 42.9 Å². The smallest absolute Gasteiger partial charge is 0.228 e. The van der Waals surface area contributed by atoms with Crippen LogP contribution in [0, 0.1) is 29.0 Å². The highest BCUT2D eigenvalue weighted by molar-refractivity contribution is 5.99. The molecule has 1 aliphatic carbocycles. The molecule has 1 aliphatic heterocycles. The highest BCUT2D eigenvalue weighted by Crippen LogP contribution is 2.41. The van der Waals surface area contributed by atoms with Gasteiger partial charge in [0.2, 0.25) is 11.8 Å². The maximum Gasteiger partial charge on any atom is 0.228 e. The number of hydrogen-bond acceptors (Lipinski definition) is 4. The zero-order chi connectivity index (χ0) is 20.4. The van der Waals surface area contributed by atoms with Crippen molar-refractivity contribution >= 4 is 23.2 Å². The molecule has 0 radical (unpaired) electrons. The molecule has 2 unspecified atom stereocenters. The molecular formula is C22H21FN4O2. The first-order valence-electron chi connectivity index (χ1n) is 9.65. The van der Waals surface area contributed by atoms with Gasteiger partial charge in [-0.1, -0.05) is 6.07 Å². The predicted molar refractivity (Wildman–Crippen MR) is 107 cm³/mol. The van der Waals surface area contributed by atoms with Crippen LogP contribution in [-0.2, 0) is 9.59 Å². The molecule has 148 valence electrons. The van der Waals surface area contributed by atoms with E-state index in [1.54, 1.807) is 36.4 Å². The van der Waals surface area contributed by atoms with E-state index in [9.17, 15) is 14.0 Å². The second-order valence-corrected chi connectivity index (χ2v) is 7.42. The van der Waals surface area contributed by atoms with Crippen molar-refractivity contribution < 1.29 is 14.0 Å². The van der Waals surface area contributed by atoms with E-state index in [-0.39, 0.29) is 29.5 Å². The number of hydrogen-bond donors (Lipinski definition) is 1. The van der Waals surface area contributed by atoms with E-state index in [1.807, 2.05) is 11.0 Å². The van der Waals surface area contributed by atoms with E-state index in [0.717, 1.165) is 5.69 Å². The summed E-state index contributed by atoms with van der Waals surface area (Å²) in [5.41, 5.74) is 1.99. The number of carbonyl (C=O) groups is 2. The zero-order valence-corrected chi connectivity index (χ0v) is 15.8. The van der Waals surface area contributed by atoms with E-state index in [2.05, 4.69) is 10.2 Å². The van der Waals surface area contributed by atoms with Crippen LogP contribution in [0.3, 0.4) is 0 Å². The van der Waals surface area contributed by atoms with Gasteiger partial charge in [0, 0.05) is 37.6 Å². The average Bonchev–Trinajstić information content (AvgIpc) is 3.55. The van der Waals surface area contributed by atoms with Crippen LogP contribution in [0.4, 0.5) is 15.8 Å². The second kappa shape index (κ2) is 7.92. The zero-order valence-electron chi connectivity index (χ0n) is 15.8. The molecular weight excluding hydrogens is 371 g/mol. The van der Waals surface area contributed by atoms with Crippen molar-refractivity contribution in [3.8, 4) is 6.07 Å². The number of nitriles is 1. The SMILES string of the molecule is N#Cc1cccc(NC(=O)C2CC2C(=O)N2CCN(c3ccc(F)cc3)CC2)c1. The number of anilines is 2. The fraction of sp³-hybridized carbons (Fsp3) is 0.318. The Hall–Kier alpha value is -3.40. The monoisotopic (exact) mass is 392 g/mol. The number of rotatable bonds is 4. The predicted octanol–water partition coefficient (Wildman–Crippen LogP) is 2.62. The molecule has 0 aromatic heterocycles. The summed E-state index contributed by atoms with van der Waals surface area (Å²) in [5, 5.41) is 11.7. The number of nitrogens with one attached hydrogen (secondary N) is 1. The van der Waals surface area contributed by atoms with Crippen LogP contribution in [0.1, 0.15) is 12.0 Å². The molecule has 2 aromatic carbocycles. The van der Waals surface area contributed by atoms with Crippen LogP contribution in [0.2, 0.25) is 0 Å². The Kier molecular flexibility index (Phi) is 5.17. The third kappa shape index (κ3) is 4.21. The number of piperazine rings is 1. The van der Waals surface area contributed by atoms with Crippen molar-refractivity contribution in [3.05, 3.63) is 59.9 Å². The third-order valence-corrected chi connectivity index (χ3v) is 5.49. The first-order valence-corrected chi connectivity index (χ1v) is 9.65. The minimum Gasteiger partial charge on any atom is -0.368 e. The quantitative estimate of drug-likeness (QED) is 0.868. The van der Waals surface area contributed by atoms with Crippen molar-refractivity contribution in [1.29, 1.82) is 5.26 Å². The summed E-state index contributed by atoms with van der Waals surface area (Å²) in [6.45, 7) is 2.54. The van der Waals surface area contributed by atoms with Crippen LogP contribution in [0.5, 0.6) is 0 Å². The van der Waals surface area contributed by atoms with Crippen molar-refractivity contribution in [2.75, 3.05) is 36.4 Å². The lowest BCUT2D eigenvalue weighted by atomic mass is 10.2. The average molecular weight is 392 g/mol. The third-order valence-electron chi connectivity index (χ3n) is 5.49. The van der Waals surface area contributed by atoms with Crippen LogP contribution < -0.4 is 10.2 Å². The van der Waals surface area contributed by atoms with Gasteiger partial charge >= 0.3 is 0 Å². The van der Waals surface area contributed by atoms with Crippen molar-refractivity contribution in [2.24, 2.45) is 11.8 Å². The van der Waals surface area contributed by atoms with Gasteiger partial charge < -0.3 is 15.1 Å². The lowest BCUT2D eigenvalue weighted by Crippen LogP contribution is -2.49. The Morgan fingerprint density at radius 1 is 1.03 bits per heavy atom. The molecule has 0 spiro atoms. The molecule has 2 aliphatic rings. The van der Waals surface area contributed by atoms with Gasteiger partial charge in [-0.2, -0.15) is 5.26 Å². The molecule has 2 aromatic rings. The lowest BCUT2D eigenvalue weighted by molar-refractivity contribution is -0.134. The number of halogens is 1. The van der Waals surface area contributed by atoms with E-state index >= 15 is 0 Å². The Bertz CT molecular complexity index is 962. The number of benzene rings is 2. The molecule has 2 fully saturated rings. The largest absolute Gasteiger partial charge is 0.368 e. The highest BCUT2D eigenvalue weighted by atomic mass is 19.1. The molecule has 1 saturated heterocycles. The van der Waals surface area contributed by atoms with E-state index in [0.29, 0.717) is 43.9 Å². The van der Waals surface area contributed by atoms with E-state index in [4.69, 9.17) is 5.26 Å². The number of amides is 2. The maximum absolute atomic E-state index is 13.1. The first-order chi connectivity index (χ1) is 14.0. The number of carbonyl (C=O) groups excluding carboxylic acids is 2. The van der Waals surface area contributed by atoms with Gasteiger partial charge in [-0.05, 0) is 48.9 Å². The Balaban J connectivity index is 1.28. The molecule has 1 N–H and O–H groups in total. The summed E-state index contributed by atoms with van der Waals surface area (Å²) in [6.07, 6.45) is 0.556. The standard InChI is InChI=1S/C22H21FN4O2/c23-16-4-6-18(7-5-16)26-8-10-27(11-9-26)22(29)20-13-19(20)21(28)25-17-3-1-2-15(12-17)14-24/h1-7,12,19-20H,8-11,13H2,(H,25,28). The summed E-state index contributed by atoms with van der Waals surface area (Å²) < 4.78 is 13.1. The van der Waals surface area contributed by atoms with Crippen molar-refractivity contribution in [2.45, 2.75) is 6.42 Å². The molecule has 2 atom stereocenters. The summed E-state index contributed by atoms with van der Waals surface area (Å²) in [4.78, 5) is 29.1. The van der Waals surface area contributed by atoms with Gasteiger partial charge in [-0.25, -0.2) is 4.39 Å². The normalized spacial score (nSPS) is 20.7. The molecule has 4 rings (SSSR count). The lowest BCUT2D eigenvalue weighted by Gasteiger charge is -2.36. The second-order valence-electron chi connectivity index (χ2n) is 7.42. The van der Waals surface area contributed by atoms with Crippen molar-refractivity contribution in [3.63, 3.8) is 0 Å². The van der Waals surface area contributed by atoms with Gasteiger partial charge in [-0.3, -0.25) is 9.59 Å². The summed E-state index contributed by atoms with van der Waals surface area (Å²) in [5.74, 6) is -1.01. The molecule has 2 amide bonds. The minimum atomic E-state index is -0.316. The molecule has 1 heterocycles. The van der Waals surface area contributed by atoms with Crippen LogP contribution >= 0.6 is 0 Å². The molecule has 7 heteroatoms. The van der Waals surface area contributed by atoms with Gasteiger partial charge in [0.15, 0.2) is 0 Å². The Morgan fingerprint density at radius 3 is 2.45 bits per heavy atom. The fourth-order valence-corrected chi connectivity index (χ4v) is 3.73. The Morgan fingerprint density at radius 2 is 1.76 bits per heavy atom. The molecule has 29 heavy (non-hydrogen) atoms.